The molecule has 0 aliphatic carbocycles. The van der Waals surface area contributed by atoms with Gasteiger partial charge in [-0.3, -0.25) is 4.79 Å². The van der Waals surface area contributed by atoms with E-state index in [1.807, 2.05) is 12.1 Å². The lowest BCUT2D eigenvalue weighted by molar-refractivity contribution is 0.0997. The van der Waals surface area contributed by atoms with E-state index in [1.165, 1.54) is 21.6 Å². The smallest absolute Gasteiger partial charge is 0.279 e. The van der Waals surface area contributed by atoms with E-state index in [0.717, 1.165) is 23.5 Å². The van der Waals surface area contributed by atoms with Crippen molar-refractivity contribution < 1.29 is 9.53 Å². The predicted octanol–water partition coefficient (Wildman–Crippen LogP) is 5.17. The monoisotopic (exact) mass is 394 g/mol. The minimum atomic E-state index is -0.253. The molecule has 1 amide bonds. The van der Waals surface area contributed by atoms with E-state index < -0.39 is 0 Å². The molecule has 0 fully saturated rings. The molecule has 4 nitrogen and oxygen atoms in total. The van der Waals surface area contributed by atoms with Crippen molar-refractivity contribution in [3.63, 3.8) is 0 Å². The van der Waals surface area contributed by atoms with Crippen LogP contribution in [0.3, 0.4) is 0 Å². The van der Waals surface area contributed by atoms with Crippen molar-refractivity contribution in [2.24, 2.45) is 4.99 Å². The van der Waals surface area contributed by atoms with Gasteiger partial charge in [-0.05, 0) is 68.1 Å². The Labute approximate surface area is 170 Å². The van der Waals surface area contributed by atoms with Crippen molar-refractivity contribution in [1.82, 2.24) is 4.57 Å². The number of carbonyl (C=O) groups excluding carboxylic acids is 1. The Balaban J connectivity index is 2.14. The quantitative estimate of drug-likeness (QED) is 0.599. The minimum Gasteiger partial charge on any atom is -0.497 e. The third-order valence-corrected chi connectivity index (χ3v) is 6.13. The van der Waals surface area contributed by atoms with Crippen LogP contribution in [0, 0.1) is 13.8 Å². The Morgan fingerprint density at radius 2 is 1.89 bits per heavy atom. The van der Waals surface area contributed by atoms with Crippen LogP contribution in [0.4, 0.5) is 0 Å². The van der Waals surface area contributed by atoms with Gasteiger partial charge in [0.25, 0.3) is 5.91 Å². The van der Waals surface area contributed by atoms with Crippen LogP contribution >= 0.6 is 11.3 Å². The summed E-state index contributed by atoms with van der Waals surface area (Å²) < 4.78 is 7.37. The fourth-order valence-corrected chi connectivity index (χ4v) is 4.34. The van der Waals surface area contributed by atoms with E-state index in [4.69, 9.17) is 4.74 Å². The zero-order valence-electron chi connectivity index (χ0n) is 17.1. The van der Waals surface area contributed by atoms with Crippen molar-refractivity contribution in [2.75, 3.05) is 7.11 Å². The first-order chi connectivity index (χ1) is 13.5. The molecule has 28 heavy (non-hydrogen) atoms. The number of thiazole rings is 1. The molecule has 0 saturated carbocycles. The molecule has 0 radical (unpaired) electrons. The van der Waals surface area contributed by atoms with Crippen LogP contribution in [-0.2, 0) is 13.0 Å². The summed E-state index contributed by atoms with van der Waals surface area (Å²) in [7, 11) is 1.59. The molecule has 0 saturated heterocycles. The van der Waals surface area contributed by atoms with E-state index in [0.29, 0.717) is 11.3 Å². The molecule has 3 aromatic rings. The summed E-state index contributed by atoms with van der Waals surface area (Å²) in [4.78, 5) is 19.2. The fraction of sp³-hybridized carbons (Fsp3) is 0.304. The summed E-state index contributed by atoms with van der Waals surface area (Å²) in [5.74, 6) is 0.400. The third-order valence-electron chi connectivity index (χ3n) is 4.91. The Morgan fingerprint density at radius 3 is 2.54 bits per heavy atom. The average molecular weight is 395 g/mol. The molecule has 2 aromatic carbocycles. The van der Waals surface area contributed by atoms with E-state index in [-0.39, 0.29) is 5.91 Å². The molecule has 0 aliphatic rings. The molecule has 0 spiro atoms. The van der Waals surface area contributed by atoms with Gasteiger partial charge in [0.05, 0.1) is 12.8 Å². The molecule has 0 N–H and O–H groups in total. The summed E-state index contributed by atoms with van der Waals surface area (Å²) in [6.45, 7) is 9.23. The van der Waals surface area contributed by atoms with E-state index in [2.05, 4.69) is 55.5 Å². The SMILES string of the molecule is CCc1sc(=NC(=O)c2cccc(OC)c2)n(CC)c1-c1ccc(C)c(C)c1. The Bertz CT molecular complexity index is 1080. The maximum Gasteiger partial charge on any atom is 0.279 e. The highest BCUT2D eigenvalue weighted by Crippen LogP contribution is 2.28. The van der Waals surface area contributed by atoms with E-state index >= 15 is 0 Å². The number of ether oxygens (including phenoxy) is 1. The first-order valence-electron chi connectivity index (χ1n) is 9.51. The summed E-state index contributed by atoms with van der Waals surface area (Å²) >= 11 is 1.59. The number of hydrogen-bond acceptors (Lipinski definition) is 3. The van der Waals surface area contributed by atoms with E-state index in [1.54, 1.807) is 30.6 Å². The predicted molar refractivity (Wildman–Crippen MR) is 115 cm³/mol. The van der Waals surface area contributed by atoms with Gasteiger partial charge >= 0.3 is 0 Å². The normalized spacial score (nSPS) is 11.7. The van der Waals surface area contributed by atoms with Gasteiger partial charge in [0.1, 0.15) is 5.75 Å². The van der Waals surface area contributed by atoms with Crippen LogP contribution in [0.1, 0.15) is 40.2 Å². The van der Waals surface area contributed by atoms with Crippen LogP contribution in [0.15, 0.2) is 47.5 Å². The first kappa shape index (κ1) is 20.1. The molecular weight excluding hydrogens is 368 g/mol. The van der Waals surface area contributed by atoms with Crippen molar-refractivity contribution >= 4 is 17.2 Å². The highest BCUT2D eigenvalue weighted by molar-refractivity contribution is 7.09. The highest BCUT2D eigenvalue weighted by atomic mass is 32.1. The third kappa shape index (κ3) is 3.94. The number of methoxy groups -OCH3 is 1. The lowest BCUT2D eigenvalue weighted by atomic mass is 10.0. The topological polar surface area (TPSA) is 43.6 Å². The van der Waals surface area contributed by atoms with Crippen molar-refractivity contribution in [3.05, 3.63) is 68.8 Å². The molecular formula is C23H26N2O2S. The molecule has 1 heterocycles. The zero-order valence-corrected chi connectivity index (χ0v) is 17.9. The van der Waals surface area contributed by atoms with Gasteiger partial charge in [-0.1, -0.05) is 25.1 Å². The number of hydrogen-bond donors (Lipinski definition) is 0. The largest absolute Gasteiger partial charge is 0.497 e. The molecule has 5 heteroatoms. The van der Waals surface area contributed by atoms with Crippen LogP contribution in [0.25, 0.3) is 11.3 Å². The van der Waals surface area contributed by atoms with Crippen LogP contribution in [0.2, 0.25) is 0 Å². The molecule has 1 aromatic heterocycles. The second-order valence-electron chi connectivity index (χ2n) is 6.70. The van der Waals surface area contributed by atoms with Gasteiger partial charge in [-0.15, -0.1) is 11.3 Å². The number of amides is 1. The highest BCUT2D eigenvalue weighted by Gasteiger charge is 2.15. The summed E-state index contributed by atoms with van der Waals surface area (Å²) in [6.07, 6.45) is 0.899. The fourth-order valence-electron chi connectivity index (χ4n) is 3.19. The summed E-state index contributed by atoms with van der Waals surface area (Å²) in [6, 6.07) is 13.6. The van der Waals surface area contributed by atoms with Gasteiger partial charge in [-0.25, -0.2) is 0 Å². The number of aromatic nitrogens is 1. The maximum absolute atomic E-state index is 12.8. The number of nitrogens with zero attached hydrogens (tertiary/aromatic N) is 2. The molecule has 146 valence electrons. The van der Waals surface area contributed by atoms with Crippen molar-refractivity contribution in [2.45, 2.75) is 40.7 Å². The zero-order chi connectivity index (χ0) is 20.3. The molecule has 3 rings (SSSR count). The van der Waals surface area contributed by atoms with Gasteiger partial charge in [0, 0.05) is 17.0 Å². The number of benzene rings is 2. The standard InChI is InChI=1S/C23H26N2O2S/c1-6-20-21(17-12-11-15(3)16(4)13-17)25(7-2)23(28-20)24-22(26)18-9-8-10-19(14-18)27-5/h8-14H,6-7H2,1-5H3. The van der Waals surface area contributed by atoms with Gasteiger partial charge in [0.15, 0.2) is 4.80 Å². The average Bonchev–Trinajstić information content (AvgIpc) is 3.07. The van der Waals surface area contributed by atoms with Crippen LogP contribution < -0.4 is 9.54 Å². The second-order valence-corrected chi connectivity index (χ2v) is 7.76. The maximum atomic E-state index is 12.8. The van der Waals surface area contributed by atoms with Crippen LogP contribution in [0.5, 0.6) is 5.75 Å². The van der Waals surface area contributed by atoms with Gasteiger partial charge in [-0.2, -0.15) is 4.99 Å². The minimum absolute atomic E-state index is 0.253. The number of carbonyl (C=O) groups is 1. The number of aryl methyl sites for hydroxylation is 3. The van der Waals surface area contributed by atoms with Crippen molar-refractivity contribution in [3.8, 4) is 17.0 Å². The molecule has 0 unspecified atom stereocenters. The second kappa shape index (κ2) is 8.57. The number of rotatable bonds is 5. The molecule has 0 bridgehead atoms. The van der Waals surface area contributed by atoms with Crippen LogP contribution in [-0.4, -0.2) is 17.6 Å². The Hall–Kier alpha value is -2.66. The van der Waals surface area contributed by atoms with E-state index in [9.17, 15) is 4.79 Å². The lowest BCUT2D eigenvalue weighted by Gasteiger charge is -2.10. The summed E-state index contributed by atoms with van der Waals surface area (Å²) in [5, 5.41) is 0. The van der Waals surface area contributed by atoms with Gasteiger partial charge < -0.3 is 9.30 Å². The summed E-state index contributed by atoms with van der Waals surface area (Å²) in [5.41, 5.74) is 5.40. The van der Waals surface area contributed by atoms with Crippen molar-refractivity contribution in [1.29, 1.82) is 0 Å². The first-order valence-corrected chi connectivity index (χ1v) is 10.3. The lowest BCUT2D eigenvalue weighted by Crippen LogP contribution is -2.17. The Morgan fingerprint density at radius 1 is 1.11 bits per heavy atom. The molecule has 0 atom stereocenters. The van der Waals surface area contributed by atoms with Gasteiger partial charge in [0.2, 0.25) is 0 Å². The Kier molecular flexibility index (Phi) is 6.15. The molecule has 0 aliphatic heterocycles.